The smallest absolute Gasteiger partial charge is 0.132 e. The van der Waals surface area contributed by atoms with E-state index >= 15 is 0 Å². The normalized spacial score (nSPS) is 10.4. The Bertz CT molecular complexity index is 550. The van der Waals surface area contributed by atoms with Crippen molar-refractivity contribution < 1.29 is 4.74 Å². The summed E-state index contributed by atoms with van der Waals surface area (Å²) in [4.78, 5) is 8.42. The molecule has 0 saturated carbocycles. The second kappa shape index (κ2) is 5.04. The van der Waals surface area contributed by atoms with Crippen LogP contribution in [0.25, 0.3) is 0 Å². The van der Waals surface area contributed by atoms with Gasteiger partial charge in [-0.1, -0.05) is 6.07 Å². The zero-order valence-electron chi connectivity index (χ0n) is 10.9. The molecule has 0 aliphatic carbocycles. The summed E-state index contributed by atoms with van der Waals surface area (Å²) in [5.74, 6) is 1.62. The van der Waals surface area contributed by atoms with E-state index in [1.165, 1.54) is 11.1 Å². The quantitative estimate of drug-likeness (QED) is 0.898. The summed E-state index contributed by atoms with van der Waals surface area (Å²) in [7, 11) is 1.68. The number of nitrogen functional groups attached to an aromatic ring is 1. The largest absolute Gasteiger partial charge is 0.496 e. The highest BCUT2D eigenvalue weighted by molar-refractivity contribution is 5.43. The Morgan fingerprint density at radius 2 is 1.72 bits per heavy atom. The summed E-state index contributed by atoms with van der Waals surface area (Å²) in [6.07, 6.45) is 3.89. The van der Waals surface area contributed by atoms with Gasteiger partial charge in [0.2, 0.25) is 0 Å². The number of rotatable bonds is 3. The van der Waals surface area contributed by atoms with Gasteiger partial charge in [0, 0.05) is 12.0 Å². The fraction of sp³-hybridized carbons (Fsp3) is 0.286. The van der Waals surface area contributed by atoms with Gasteiger partial charge < -0.3 is 10.5 Å². The van der Waals surface area contributed by atoms with Gasteiger partial charge in [0.25, 0.3) is 0 Å². The predicted molar refractivity (Wildman–Crippen MR) is 71.7 cm³/mol. The van der Waals surface area contributed by atoms with E-state index in [1.807, 2.05) is 6.07 Å². The number of ether oxygens (including phenoxy) is 1. The van der Waals surface area contributed by atoms with Crippen LogP contribution in [0.4, 0.5) is 5.69 Å². The summed E-state index contributed by atoms with van der Waals surface area (Å²) >= 11 is 0. The number of hydrogen-bond donors (Lipinski definition) is 1. The topological polar surface area (TPSA) is 61.0 Å². The molecule has 2 rings (SSSR count). The van der Waals surface area contributed by atoms with Gasteiger partial charge >= 0.3 is 0 Å². The number of aromatic nitrogens is 2. The Balaban J connectivity index is 2.33. The number of nitrogens with zero attached hydrogens (tertiary/aromatic N) is 2. The van der Waals surface area contributed by atoms with Gasteiger partial charge in [-0.2, -0.15) is 0 Å². The van der Waals surface area contributed by atoms with E-state index in [-0.39, 0.29) is 0 Å². The summed E-state index contributed by atoms with van der Waals surface area (Å²) < 4.78 is 5.40. The molecule has 0 radical (unpaired) electrons. The van der Waals surface area contributed by atoms with Crippen molar-refractivity contribution in [3.05, 3.63) is 47.0 Å². The monoisotopic (exact) mass is 243 g/mol. The summed E-state index contributed by atoms with van der Waals surface area (Å²) in [5.41, 5.74) is 9.69. The van der Waals surface area contributed by atoms with Crippen LogP contribution in [0.1, 0.15) is 22.5 Å². The lowest BCUT2D eigenvalue weighted by Crippen LogP contribution is -2.01. The molecule has 0 saturated heterocycles. The highest BCUT2D eigenvalue weighted by atomic mass is 16.5. The molecular weight excluding hydrogens is 226 g/mol. The van der Waals surface area contributed by atoms with E-state index in [0.29, 0.717) is 12.1 Å². The molecule has 0 spiro atoms. The SMILES string of the molecule is COc1cc(C)c(C)cc1Cc1ncc(N)cn1. The minimum absolute atomic E-state index is 0.575. The van der Waals surface area contributed by atoms with Crippen molar-refractivity contribution in [2.45, 2.75) is 20.3 Å². The van der Waals surface area contributed by atoms with Crippen LogP contribution in [-0.4, -0.2) is 17.1 Å². The van der Waals surface area contributed by atoms with Crippen molar-refractivity contribution in [3.63, 3.8) is 0 Å². The molecule has 4 heteroatoms. The molecule has 1 heterocycles. The first-order valence-electron chi connectivity index (χ1n) is 5.80. The van der Waals surface area contributed by atoms with Crippen LogP contribution in [-0.2, 0) is 6.42 Å². The van der Waals surface area contributed by atoms with Crippen molar-refractivity contribution in [2.24, 2.45) is 0 Å². The third kappa shape index (κ3) is 2.59. The second-order valence-electron chi connectivity index (χ2n) is 4.36. The summed E-state index contributed by atoms with van der Waals surface area (Å²) in [6.45, 7) is 4.16. The second-order valence-corrected chi connectivity index (χ2v) is 4.36. The van der Waals surface area contributed by atoms with Crippen LogP contribution in [0, 0.1) is 13.8 Å². The van der Waals surface area contributed by atoms with Gasteiger partial charge in [0.1, 0.15) is 11.6 Å². The molecule has 1 aromatic heterocycles. The van der Waals surface area contributed by atoms with Crippen molar-refractivity contribution in [2.75, 3.05) is 12.8 Å². The number of methoxy groups -OCH3 is 1. The molecule has 0 atom stereocenters. The highest BCUT2D eigenvalue weighted by Gasteiger charge is 2.08. The van der Waals surface area contributed by atoms with Crippen LogP contribution in [0.3, 0.4) is 0 Å². The van der Waals surface area contributed by atoms with Crippen LogP contribution < -0.4 is 10.5 Å². The van der Waals surface area contributed by atoms with Gasteiger partial charge in [-0.05, 0) is 31.0 Å². The Labute approximate surface area is 107 Å². The van der Waals surface area contributed by atoms with E-state index in [4.69, 9.17) is 10.5 Å². The first kappa shape index (κ1) is 12.4. The van der Waals surface area contributed by atoms with Gasteiger partial charge in [-0.25, -0.2) is 9.97 Å². The minimum atomic E-state index is 0.575. The molecule has 0 unspecified atom stereocenters. The molecule has 4 nitrogen and oxygen atoms in total. The molecule has 0 aliphatic heterocycles. The summed E-state index contributed by atoms with van der Waals surface area (Å²) in [6, 6.07) is 4.16. The van der Waals surface area contributed by atoms with Crippen molar-refractivity contribution in [1.82, 2.24) is 9.97 Å². The molecule has 1 aromatic carbocycles. The minimum Gasteiger partial charge on any atom is -0.496 e. The van der Waals surface area contributed by atoms with E-state index in [9.17, 15) is 0 Å². The molecule has 2 N–H and O–H groups in total. The van der Waals surface area contributed by atoms with Crippen LogP contribution in [0.5, 0.6) is 5.75 Å². The van der Waals surface area contributed by atoms with Gasteiger partial charge in [0.15, 0.2) is 0 Å². The number of benzene rings is 1. The maximum absolute atomic E-state index is 5.57. The third-order valence-corrected chi connectivity index (χ3v) is 2.97. The van der Waals surface area contributed by atoms with Gasteiger partial charge in [0.05, 0.1) is 25.2 Å². The molecule has 18 heavy (non-hydrogen) atoms. The third-order valence-electron chi connectivity index (χ3n) is 2.97. The average Bonchev–Trinajstić information content (AvgIpc) is 2.36. The Kier molecular flexibility index (Phi) is 3.46. The maximum atomic E-state index is 5.57. The Hall–Kier alpha value is -2.10. The number of aryl methyl sites for hydroxylation is 2. The summed E-state index contributed by atoms with van der Waals surface area (Å²) in [5, 5.41) is 0. The first-order valence-corrected chi connectivity index (χ1v) is 5.80. The van der Waals surface area contributed by atoms with E-state index in [2.05, 4.69) is 29.9 Å². The number of anilines is 1. The predicted octanol–water partition coefficient (Wildman–Crippen LogP) is 2.28. The van der Waals surface area contributed by atoms with Crippen molar-refractivity contribution >= 4 is 5.69 Å². The standard InChI is InChI=1S/C14H17N3O/c1-9-4-11(13(18-3)5-10(9)2)6-14-16-7-12(15)8-17-14/h4-5,7-8H,6,15H2,1-3H3. The van der Waals surface area contributed by atoms with E-state index in [0.717, 1.165) is 17.1 Å². The molecule has 0 fully saturated rings. The van der Waals surface area contributed by atoms with E-state index < -0.39 is 0 Å². The number of nitrogens with two attached hydrogens (primary N) is 1. The van der Waals surface area contributed by atoms with Gasteiger partial charge in [-0.3, -0.25) is 0 Å². The van der Waals surface area contributed by atoms with Crippen molar-refractivity contribution in [1.29, 1.82) is 0 Å². The molecule has 0 amide bonds. The Morgan fingerprint density at radius 3 is 2.33 bits per heavy atom. The molecule has 0 bridgehead atoms. The average molecular weight is 243 g/mol. The molecule has 2 aromatic rings. The van der Waals surface area contributed by atoms with Crippen molar-refractivity contribution in [3.8, 4) is 5.75 Å². The lowest BCUT2D eigenvalue weighted by Gasteiger charge is -2.11. The maximum Gasteiger partial charge on any atom is 0.132 e. The zero-order valence-corrected chi connectivity index (χ0v) is 10.9. The molecule has 94 valence electrons. The van der Waals surface area contributed by atoms with Gasteiger partial charge in [-0.15, -0.1) is 0 Å². The Morgan fingerprint density at radius 1 is 1.11 bits per heavy atom. The van der Waals surface area contributed by atoms with Crippen LogP contribution >= 0.6 is 0 Å². The molecular formula is C14H17N3O. The van der Waals surface area contributed by atoms with Crippen LogP contribution in [0.2, 0.25) is 0 Å². The fourth-order valence-corrected chi connectivity index (χ4v) is 1.80. The molecule has 0 aliphatic rings. The lowest BCUT2D eigenvalue weighted by molar-refractivity contribution is 0.410. The highest BCUT2D eigenvalue weighted by Crippen LogP contribution is 2.24. The fourth-order valence-electron chi connectivity index (χ4n) is 1.80. The van der Waals surface area contributed by atoms with E-state index in [1.54, 1.807) is 19.5 Å². The van der Waals surface area contributed by atoms with Crippen LogP contribution in [0.15, 0.2) is 24.5 Å². The first-order chi connectivity index (χ1) is 8.60. The number of hydrogen-bond acceptors (Lipinski definition) is 4. The lowest BCUT2D eigenvalue weighted by atomic mass is 10.0. The zero-order chi connectivity index (χ0) is 13.1.